The molecule has 6 heteroatoms. The van der Waals surface area contributed by atoms with E-state index in [4.69, 9.17) is 11.0 Å². The fourth-order valence-corrected chi connectivity index (χ4v) is 4.22. The van der Waals surface area contributed by atoms with Gasteiger partial charge in [-0.05, 0) is 23.7 Å². The molecule has 0 bridgehead atoms. The molecule has 2 rings (SSSR count). The molecular formula is C9H9N3S3. The number of hydrogen-bond donors (Lipinski definition) is 1. The van der Waals surface area contributed by atoms with E-state index >= 15 is 0 Å². The molecule has 0 amide bonds. The van der Waals surface area contributed by atoms with Crippen molar-refractivity contribution in [3.05, 3.63) is 4.88 Å². The number of fused-ring (bicyclic) bond motifs is 1. The number of hydrogen-bond acceptors (Lipinski definition) is 6. The Morgan fingerprint density at radius 3 is 3.07 bits per heavy atom. The molecule has 0 unspecified atom stereocenters. The fraction of sp³-hybridized carbons (Fsp3) is 0.333. The van der Waals surface area contributed by atoms with E-state index in [2.05, 4.69) is 17.4 Å². The van der Waals surface area contributed by atoms with Crippen molar-refractivity contribution in [1.29, 1.82) is 5.26 Å². The van der Waals surface area contributed by atoms with Crippen molar-refractivity contribution >= 4 is 50.5 Å². The molecule has 0 aliphatic carbocycles. The van der Waals surface area contributed by atoms with Crippen LogP contribution in [0.3, 0.4) is 0 Å². The van der Waals surface area contributed by atoms with Crippen LogP contribution >= 0.6 is 34.6 Å². The van der Waals surface area contributed by atoms with Crippen LogP contribution in [0.5, 0.6) is 0 Å². The number of nitrogens with zero attached hydrogens (tertiary/aromatic N) is 2. The standard InChI is InChI=1S/C9H9N3S3/c1-2-3-13-9-6-7(11)5(4-10)14-8(6)12-15-9/h2-3,11H2,1H3. The second-order valence-electron chi connectivity index (χ2n) is 2.96. The molecule has 15 heavy (non-hydrogen) atoms. The summed E-state index contributed by atoms with van der Waals surface area (Å²) in [4.78, 5) is 1.48. The molecular weight excluding hydrogens is 246 g/mol. The Morgan fingerprint density at radius 2 is 2.40 bits per heavy atom. The van der Waals surface area contributed by atoms with Crippen LogP contribution in [0.1, 0.15) is 18.2 Å². The van der Waals surface area contributed by atoms with Crippen molar-refractivity contribution in [2.75, 3.05) is 11.5 Å². The SMILES string of the molecule is CCCSc1snc2sc(C#N)c(N)c12. The van der Waals surface area contributed by atoms with Crippen molar-refractivity contribution in [3.63, 3.8) is 0 Å². The van der Waals surface area contributed by atoms with E-state index in [-0.39, 0.29) is 0 Å². The summed E-state index contributed by atoms with van der Waals surface area (Å²) in [5, 5.41) is 9.84. The number of nitrogen functional groups attached to an aromatic ring is 1. The van der Waals surface area contributed by atoms with Crippen molar-refractivity contribution < 1.29 is 0 Å². The highest BCUT2D eigenvalue weighted by Gasteiger charge is 2.16. The Balaban J connectivity index is 2.48. The summed E-state index contributed by atoms with van der Waals surface area (Å²) < 4.78 is 5.45. The normalized spacial score (nSPS) is 10.7. The van der Waals surface area contributed by atoms with Crippen molar-refractivity contribution in [1.82, 2.24) is 4.37 Å². The number of aromatic nitrogens is 1. The number of thioether (sulfide) groups is 1. The minimum atomic E-state index is 0.582. The molecule has 0 aliphatic rings. The molecule has 0 aromatic carbocycles. The van der Waals surface area contributed by atoms with E-state index in [1.165, 1.54) is 22.9 Å². The molecule has 0 radical (unpaired) electrons. The molecule has 0 spiro atoms. The molecule has 78 valence electrons. The molecule has 2 heterocycles. The van der Waals surface area contributed by atoms with Crippen LogP contribution in [-0.2, 0) is 0 Å². The summed E-state index contributed by atoms with van der Waals surface area (Å²) >= 11 is 4.62. The van der Waals surface area contributed by atoms with Crippen molar-refractivity contribution in [2.24, 2.45) is 0 Å². The monoisotopic (exact) mass is 255 g/mol. The van der Waals surface area contributed by atoms with Crippen molar-refractivity contribution in [3.8, 4) is 6.07 Å². The molecule has 2 N–H and O–H groups in total. The van der Waals surface area contributed by atoms with E-state index in [1.807, 2.05) is 0 Å². The van der Waals surface area contributed by atoms with Gasteiger partial charge in [-0.2, -0.15) is 9.64 Å². The molecule has 0 atom stereocenters. The summed E-state index contributed by atoms with van der Waals surface area (Å²) in [6, 6.07) is 2.10. The molecule has 0 saturated heterocycles. The first-order valence-electron chi connectivity index (χ1n) is 4.48. The Bertz CT molecular complexity index is 520. The van der Waals surface area contributed by atoms with Crippen LogP contribution in [0.25, 0.3) is 10.2 Å². The summed E-state index contributed by atoms with van der Waals surface area (Å²) in [6.07, 6.45) is 1.12. The second-order valence-corrected chi connectivity index (χ2v) is 6.09. The first kappa shape index (κ1) is 10.7. The zero-order valence-corrected chi connectivity index (χ0v) is 10.6. The van der Waals surface area contributed by atoms with Gasteiger partial charge in [-0.1, -0.05) is 6.92 Å². The topological polar surface area (TPSA) is 62.7 Å². The minimum absolute atomic E-state index is 0.582. The third-order valence-corrected chi connectivity index (χ3v) is 5.30. The van der Waals surface area contributed by atoms with E-state index < -0.39 is 0 Å². The molecule has 0 fully saturated rings. The quantitative estimate of drug-likeness (QED) is 0.855. The Morgan fingerprint density at radius 1 is 1.60 bits per heavy atom. The van der Waals surface area contributed by atoms with Gasteiger partial charge in [0.15, 0.2) is 0 Å². The third-order valence-electron chi connectivity index (χ3n) is 1.88. The molecule has 2 aromatic heterocycles. The lowest BCUT2D eigenvalue weighted by Gasteiger charge is -1.94. The predicted octanol–water partition coefficient (Wildman–Crippen LogP) is 3.31. The van der Waals surface area contributed by atoms with Gasteiger partial charge in [0.25, 0.3) is 0 Å². The number of anilines is 1. The zero-order chi connectivity index (χ0) is 10.8. The Hall–Kier alpha value is -0.770. The van der Waals surface area contributed by atoms with Gasteiger partial charge >= 0.3 is 0 Å². The van der Waals surface area contributed by atoms with Gasteiger partial charge < -0.3 is 5.73 Å². The number of nitrogens with two attached hydrogens (primary N) is 1. The smallest absolute Gasteiger partial charge is 0.141 e. The highest BCUT2D eigenvalue weighted by molar-refractivity contribution is 8.01. The maximum Gasteiger partial charge on any atom is 0.141 e. The molecule has 2 aromatic rings. The highest BCUT2D eigenvalue weighted by Crippen LogP contribution is 2.41. The Kier molecular flexibility index (Phi) is 3.14. The maximum absolute atomic E-state index is 8.85. The van der Waals surface area contributed by atoms with E-state index in [1.54, 1.807) is 11.8 Å². The van der Waals surface area contributed by atoms with Gasteiger partial charge in [0.2, 0.25) is 0 Å². The van der Waals surface area contributed by atoms with Gasteiger partial charge in [-0.25, -0.2) is 0 Å². The zero-order valence-electron chi connectivity index (χ0n) is 8.11. The summed E-state index contributed by atoms with van der Waals surface area (Å²) in [6.45, 7) is 2.14. The van der Waals surface area contributed by atoms with Gasteiger partial charge in [0, 0.05) is 0 Å². The van der Waals surface area contributed by atoms with Crippen LogP contribution in [0, 0.1) is 11.3 Å². The van der Waals surface area contributed by atoms with Crippen LogP contribution in [0.2, 0.25) is 0 Å². The largest absolute Gasteiger partial charge is 0.396 e. The molecule has 0 saturated carbocycles. The van der Waals surface area contributed by atoms with Gasteiger partial charge in [0.1, 0.15) is 15.8 Å². The number of thiophene rings is 1. The summed E-state index contributed by atoms with van der Waals surface area (Å²) in [5.74, 6) is 1.06. The number of rotatable bonds is 3. The van der Waals surface area contributed by atoms with Crippen LogP contribution in [0.4, 0.5) is 5.69 Å². The summed E-state index contributed by atoms with van der Waals surface area (Å²) in [7, 11) is 0. The lowest BCUT2D eigenvalue weighted by atomic mass is 10.3. The first-order valence-corrected chi connectivity index (χ1v) is 7.06. The highest BCUT2D eigenvalue weighted by atomic mass is 32.2. The van der Waals surface area contributed by atoms with Crippen LogP contribution in [0.15, 0.2) is 4.21 Å². The average molecular weight is 255 g/mol. The van der Waals surface area contributed by atoms with E-state index in [9.17, 15) is 0 Å². The van der Waals surface area contributed by atoms with Gasteiger partial charge in [0.05, 0.1) is 15.3 Å². The van der Waals surface area contributed by atoms with Crippen LogP contribution < -0.4 is 5.73 Å². The number of nitriles is 1. The first-order chi connectivity index (χ1) is 7.27. The predicted molar refractivity (Wildman–Crippen MR) is 67.6 cm³/mol. The van der Waals surface area contributed by atoms with Crippen molar-refractivity contribution in [2.45, 2.75) is 17.6 Å². The lowest BCUT2D eigenvalue weighted by Crippen LogP contribution is -1.84. The average Bonchev–Trinajstić information content (AvgIpc) is 2.77. The molecule has 3 nitrogen and oxygen atoms in total. The van der Waals surface area contributed by atoms with Gasteiger partial charge in [-0.3, -0.25) is 0 Å². The van der Waals surface area contributed by atoms with E-state index in [0.717, 1.165) is 26.6 Å². The third kappa shape index (κ3) is 1.83. The van der Waals surface area contributed by atoms with Gasteiger partial charge in [-0.15, -0.1) is 23.1 Å². The van der Waals surface area contributed by atoms with Crippen LogP contribution in [-0.4, -0.2) is 10.1 Å². The second kappa shape index (κ2) is 4.39. The fourth-order valence-electron chi connectivity index (χ4n) is 1.20. The molecule has 0 aliphatic heterocycles. The van der Waals surface area contributed by atoms with E-state index in [0.29, 0.717) is 10.6 Å². The Labute approximate surface area is 100 Å². The summed E-state index contributed by atoms with van der Waals surface area (Å²) in [5.41, 5.74) is 6.51. The maximum atomic E-state index is 8.85. The minimum Gasteiger partial charge on any atom is -0.396 e. The lowest BCUT2D eigenvalue weighted by molar-refractivity contribution is 1.11.